The van der Waals surface area contributed by atoms with Crippen LogP contribution in [-0.2, 0) is 9.63 Å². The molecule has 1 heterocycles. The molecule has 3 rings (SSSR count). The first kappa shape index (κ1) is 18.1. The highest BCUT2D eigenvalue weighted by Gasteiger charge is 2.30. The summed E-state index contributed by atoms with van der Waals surface area (Å²) < 4.78 is 10.6. The van der Waals surface area contributed by atoms with Crippen molar-refractivity contribution in [3.8, 4) is 17.6 Å². The molecule has 1 aromatic carbocycles. The summed E-state index contributed by atoms with van der Waals surface area (Å²) in [4.78, 5) is 17.8. The number of rotatable bonds is 6. The third-order valence-electron chi connectivity index (χ3n) is 4.70. The highest BCUT2D eigenvalue weighted by molar-refractivity contribution is 6.04. The molecule has 1 amide bonds. The third kappa shape index (κ3) is 4.26. The van der Waals surface area contributed by atoms with Gasteiger partial charge < -0.3 is 19.6 Å². The molecule has 2 aliphatic rings. The number of nitriles is 1. The topological polar surface area (TPSA) is 92.9 Å². The maximum atomic E-state index is 12.4. The largest absolute Gasteiger partial charge is 0.493 e. The average Bonchev–Trinajstić information content (AvgIpc) is 3.17. The Morgan fingerprint density at radius 2 is 2.15 bits per heavy atom. The number of carbonyl (C=O) groups excluding carboxylic acids is 1. The van der Waals surface area contributed by atoms with Crippen LogP contribution in [0, 0.1) is 11.3 Å². The lowest BCUT2D eigenvalue weighted by Gasteiger charge is -2.23. The smallest absolute Gasteiger partial charge is 0.264 e. The van der Waals surface area contributed by atoms with E-state index in [0.29, 0.717) is 23.6 Å². The molecule has 0 saturated heterocycles. The summed E-state index contributed by atoms with van der Waals surface area (Å²) in [5, 5.41) is 15.8. The second-order valence-corrected chi connectivity index (χ2v) is 6.49. The van der Waals surface area contributed by atoms with Crippen LogP contribution in [0.2, 0.25) is 0 Å². The number of nitrogens with zero attached hydrogens (tertiary/aromatic N) is 2. The van der Waals surface area contributed by atoms with Crippen molar-refractivity contribution >= 4 is 11.6 Å². The third-order valence-corrected chi connectivity index (χ3v) is 4.70. The van der Waals surface area contributed by atoms with Crippen molar-refractivity contribution in [2.45, 2.75) is 50.7 Å². The zero-order chi connectivity index (χ0) is 18.4. The van der Waals surface area contributed by atoms with Gasteiger partial charge in [0.15, 0.2) is 18.1 Å². The molecule has 7 heteroatoms. The molecule has 1 fully saturated rings. The number of benzene rings is 1. The lowest BCUT2D eigenvalue weighted by Crippen LogP contribution is -2.42. The number of hydrogen-bond donors (Lipinski definition) is 1. The number of ether oxygens (including phenoxy) is 2. The second-order valence-electron chi connectivity index (χ2n) is 6.49. The first-order chi connectivity index (χ1) is 12.7. The van der Waals surface area contributed by atoms with Crippen LogP contribution in [-0.4, -0.2) is 37.5 Å². The van der Waals surface area contributed by atoms with Crippen LogP contribution in [0.5, 0.6) is 11.5 Å². The monoisotopic (exact) mass is 357 g/mol. The molecule has 26 heavy (non-hydrogen) atoms. The molecule has 1 unspecified atom stereocenters. The van der Waals surface area contributed by atoms with E-state index >= 15 is 0 Å². The van der Waals surface area contributed by atoms with Gasteiger partial charge in [-0.15, -0.1) is 0 Å². The molecular weight excluding hydrogens is 334 g/mol. The summed E-state index contributed by atoms with van der Waals surface area (Å²) in [5.41, 5.74) is 1.50. The van der Waals surface area contributed by atoms with Crippen LogP contribution in [0.25, 0.3) is 0 Å². The number of hydrogen-bond acceptors (Lipinski definition) is 6. The van der Waals surface area contributed by atoms with Crippen molar-refractivity contribution in [2.75, 3.05) is 13.7 Å². The second kappa shape index (κ2) is 8.56. The highest BCUT2D eigenvalue weighted by Crippen LogP contribution is 2.30. The molecule has 1 aliphatic carbocycles. The zero-order valence-corrected chi connectivity index (χ0v) is 14.9. The number of oxime groups is 1. The Labute approximate surface area is 152 Å². The van der Waals surface area contributed by atoms with E-state index in [1.165, 1.54) is 13.5 Å². The fourth-order valence-corrected chi connectivity index (χ4v) is 3.31. The standard InChI is InChI=1S/C19H23N3O4/c1-24-17-11-13(7-8-16(17)25-10-9-20)15-12-18(26-22-15)19(23)21-14-5-3-2-4-6-14/h7-8,11,14,18H,2-6,10,12H2,1H3,(H,21,23). The maximum Gasteiger partial charge on any atom is 0.264 e. The lowest BCUT2D eigenvalue weighted by molar-refractivity contribution is -0.132. The van der Waals surface area contributed by atoms with Crippen LogP contribution in [0.4, 0.5) is 0 Å². The summed E-state index contributed by atoms with van der Waals surface area (Å²) >= 11 is 0. The van der Waals surface area contributed by atoms with Gasteiger partial charge in [0, 0.05) is 18.0 Å². The van der Waals surface area contributed by atoms with Crippen molar-refractivity contribution in [3.63, 3.8) is 0 Å². The van der Waals surface area contributed by atoms with Gasteiger partial charge in [-0.05, 0) is 31.0 Å². The van der Waals surface area contributed by atoms with Crippen LogP contribution >= 0.6 is 0 Å². The summed E-state index contributed by atoms with van der Waals surface area (Å²) in [6, 6.07) is 7.49. The number of methoxy groups -OCH3 is 1. The van der Waals surface area contributed by atoms with Gasteiger partial charge in [-0.25, -0.2) is 0 Å². The van der Waals surface area contributed by atoms with Crippen LogP contribution in [0.3, 0.4) is 0 Å². The van der Waals surface area contributed by atoms with Crippen molar-refractivity contribution in [2.24, 2.45) is 5.16 Å². The Bertz CT molecular complexity index is 720. The minimum Gasteiger partial charge on any atom is -0.493 e. The van der Waals surface area contributed by atoms with E-state index in [0.717, 1.165) is 31.2 Å². The van der Waals surface area contributed by atoms with Gasteiger partial charge in [0.05, 0.1) is 12.8 Å². The number of carbonyl (C=O) groups is 1. The fraction of sp³-hybridized carbons (Fsp3) is 0.526. The molecular formula is C19H23N3O4. The highest BCUT2D eigenvalue weighted by atomic mass is 16.6. The zero-order valence-electron chi connectivity index (χ0n) is 14.9. The lowest BCUT2D eigenvalue weighted by atomic mass is 9.95. The Morgan fingerprint density at radius 1 is 1.35 bits per heavy atom. The van der Waals surface area contributed by atoms with Crippen molar-refractivity contribution in [1.29, 1.82) is 5.26 Å². The Balaban J connectivity index is 1.60. The molecule has 1 aliphatic heterocycles. The van der Waals surface area contributed by atoms with Crippen LogP contribution < -0.4 is 14.8 Å². The quantitative estimate of drug-likeness (QED) is 0.844. The number of nitrogens with one attached hydrogen (secondary N) is 1. The van der Waals surface area contributed by atoms with Gasteiger partial charge in [0.1, 0.15) is 6.07 Å². The van der Waals surface area contributed by atoms with E-state index in [1.54, 1.807) is 12.1 Å². The first-order valence-electron chi connectivity index (χ1n) is 8.92. The van der Waals surface area contributed by atoms with E-state index in [-0.39, 0.29) is 18.6 Å². The van der Waals surface area contributed by atoms with Crippen LogP contribution in [0.1, 0.15) is 44.1 Å². The van der Waals surface area contributed by atoms with E-state index in [9.17, 15) is 4.79 Å². The van der Waals surface area contributed by atoms with Crippen molar-refractivity contribution in [1.82, 2.24) is 5.32 Å². The van der Waals surface area contributed by atoms with Gasteiger partial charge in [-0.3, -0.25) is 4.79 Å². The molecule has 1 N–H and O–H groups in total. The van der Waals surface area contributed by atoms with Crippen LogP contribution in [0.15, 0.2) is 23.4 Å². The molecule has 138 valence electrons. The van der Waals surface area contributed by atoms with Crippen molar-refractivity contribution < 1.29 is 19.1 Å². The molecule has 7 nitrogen and oxygen atoms in total. The molecule has 1 atom stereocenters. The Morgan fingerprint density at radius 3 is 2.88 bits per heavy atom. The van der Waals surface area contributed by atoms with Gasteiger partial charge in [0.2, 0.25) is 6.10 Å². The van der Waals surface area contributed by atoms with E-state index in [2.05, 4.69) is 10.5 Å². The molecule has 0 bridgehead atoms. The van der Waals surface area contributed by atoms with Crippen molar-refractivity contribution in [3.05, 3.63) is 23.8 Å². The predicted octanol–water partition coefficient (Wildman–Crippen LogP) is 2.54. The summed E-state index contributed by atoms with van der Waals surface area (Å²) in [6.07, 6.45) is 5.47. The van der Waals surface area contributed by atoms with Gasteiger partial charge in [0.25, 0.3) is 5.91 Å². The Kier molecular flexibility index (Phi) is 5.95. The van der Waals surface area contributed by atoms with Gasteiger partial charge in [-0.2, -0.15) is 5.26 Å². The molecule has 0 spiro atoms. The fourth-order valence-electron chi connectivity index (χ4n) is 3.31. The predicted molar refractivity (Wildman–Crippen MR) is 95.1 cm³/mol. The molecule has 0 radical (unpaired) electrons. The molecule has 1 aromatic rings. The van der Waals surface area contributed by atoms with Gasteiger partial charge in [-0.1, -0.05) is 24.4 Å². The normalized spacial score (nSPS) is 19.8. The Hall–Kier alpha value is -2.75. The molecule has 1 saturated carbocycles. The van der Waals surface area contributed by atoms with E-state index < -0.39 is 6.10 Å². The van der Waals surface area contributed by atoms with E-state index in [4.69, 9.17) is 19.6 Å². The maximum absolute atomic E-state index is 12.4. The minimum atomic E-state index is -0.590. The summed E-state index contributed by atoms with van der Waals surface area (Å²) in [5.74, 6) is 0.899. The van der Waals surface area contributed by atoms with E-state index in [1.807, 2.05) is 12.1 Å². The number of amides is 1. The van der Waals surface area contributed by atoms with Gasteiger partial charge >= 0.3 is 0 Å². The summed E-state index contributed by atoms with van der Waals surface area (Å²) in [6.45, 7) is -0.0524. The minimum absolute atomic E-state index is 0.0524. The first-order valence-corrected chi connectivity index (χ1v) is 8.92. The average molecular weight is 357 g/mol. The SMILES string of the molecule is COc1cc(C2=NOC(C(=O)NC3CCCCC3)C2)ccc1OCC#N. The summed E-state index contributed by atoms with van der Waals surface area (Å²) in [7, 11) is 1.53. The molecule has 0 aromatic heterocycles.